The zero-order chi connectivity index (χ0) is 21.7. The van der Waals surface area contributed by atoms with Gasteiger partial charge in [0.25, 0.3) is 0 Å². The van der Waals surface area contributed by atoms with E-state index in [0.29, 0.717) is 0 Å². The van der Waals surface area contributed by atoms with Gasteiger partial charge in [-0.1, -0.05) is 19.2 Å². The van der Waals surface area contributed by atoms with Gasteiger partial charge in [0.2, 0.25) is 0 Å². The van der Waals surface area contributed by atoms with Crippen LogP contribution in [0.2, 0.25) is 0 Å². The number of hydrogen-bond donors (Lipinski definition) is 0. The second-order valence-electron chi connectivity index (χ2n) is 4.07. The molecular formula is C7F16N2O. The molecule has 0 saturated heterocycles. The van der Waals surface area contributed by atoms with E-state index < -0.39 is 52.6 Å². The lowest BCUT2D eigenvalue weighted by Gasteiger charge is -2.34. The van der Waals surface area contributed by atoms with Crippen LogP contribution in [-0.4, -0.2) is 52.6 Å². The highest BCUT2D eigenvalue weighted by Crippen LogP contribution is 2.51. The molecule has 0 aliphatic rings. The lowest BCUT2D eigenvalue weighted by molar-refractivity contribution is -0.418. The summed E-state index contributed by atoms with van der Waals surface area (Å²) in [5.74, 6) is -15.2. The van der Waals surface area contributed by atoms with Crippen molar-refractivity contribution in [2.75, 3.05) is 0 Å². The first kappa shape index (κ1) is 24.1. The molecule has 19 heteroatoms. The van der Waals surface area contributed by atoms with Crippen LogP contribution in [-0.2, 0) is 0 Å². The summed E-state index contributed by atoms with van der Waals surface area (Å²) in [6.07, 6.45) is -14.8. The normalized spacial score (nSPS) is 15.1. The van der Waals surface area contributed by atoms with E-state index in [0.717, 1.165) is 0 Å². The van der Waals surface area contributed by atoms with E-state index in [1.165, 1.54) is 0 Å². The van der Waals surface area contributed by atoms with Gasteiger partial charge in [-0.15, -0.1) is 0 Å². The molecule has 0 aromatic heterocycles. The predicted molar refractivity (Wildman–Crippen MR) is 43.2 cm³/mol. The molecule has 0 heterocycles. The number of urea groups is 1. The number of carbonyl (C=O) groups is 1. The van der Waals surface area contributed by atoms with E-state index in [1.807, 2.05) is 0 Å². The molecule has 0 spiro atoms. The van der Waals surface area contributed by atoms with Crippen molar-refractivity contribution >= 4 is 6.03 Å². The quantitative estimate of drug-likeness (QED) is 0.346. The molecule has 0 N–H and O–H groups in total. The minimum Gasteiger partial charge on any atom is -0.243 e. The Labute approximate surface area is 129 Å². The van der Waals surface area contributed by atoms with Gasteiger partial charge in [-0.25, -0.2) is 4.79 Å². The number of hydrogen-bond acceptors (Lipinski definition) is 1. The third-order valence-corrected chi connectivity index (χ3v) is 2.30. The molecule has 3 nitrogen and oxygen atoms in total. The largest absolute Gasteiger partial charge is 0.462 e. The van der Waals surface area contributed by atoms with Gasteiger partial charge >= 0.3 is 42.3 Å². The van der Waals surface area contributed by atoms with E-state index in [1.54, 1.807) is 0 Å². The van der Waals surface area contributed by atoms with Crippen LogP contribution in [0.4, 0.5) is 75.2 Å². The minimum absolute atomic E-state index is 3.92. The van der Waals surface area contributed by atoms with Crippen molar-refractivity contribution in [3.8, 4) is 0 Å². The first-order valence-electron chi connectivity index (χ1n) is 5.08. The Morgan fingerprint density at radius 3 is 0.846 bits per heavy atom. The van der Waals surface area contributed by atoms with Gasteiger partial charge in [-0.2, -0.15) is 61.5 Å². The summed E-state index contributed by atoms with van der Waals surface area (Å²) in [5.41, 5.74) is 0. The van der Waals surface area contributed by atoms with Gasteiger partial charge in [0.15, 0.2) is 0 Å². The molecule has 0 fully saturated rings. The Hall–Kier alpha value is -1.85. The van der Waals surface area contributed by atoms with E-state index in [2.05, 4.69) is 0 Å². The average Bonchev–Trinajstić information content (AvgIpc) is 2.41. The maximum atomic E-state index is 12.7. The van der Waals surface area contributed by atoms with Crippen molar-refractivity contribution in [3.05, 3.63) is 0 Å². The van der Waals surface area contributed by atoms with Gasteiger partial charge in [-0.3, -0.25) is 0 Å². The zero-order valence-electron chi connectivity index (χ0n) is 10.9. The maximum absolute atomic E-state index is 12.7. The molecule has 0 aromatic rings. The SMILES string of the molecule is O=C(N(F)C(F)(F)C(F)(F)C(F)(F)F)N(F)C(F)(F)C(F)(F)C(F)(F)F. The van der Waals surface area contributed by atoms with Crippen molar-refractivity contribution in [2.45, 2.75) is 36.3 Å². The molecule has 0 aromatic carbocycles. The molecule has 0 atom stereocenters. The Morgan fingerprint density at radius 2 is 0.692 bits per heavy atom. The Kier molecular flexibility index (Phi) is 5.67. The molecule has 2 amide bonds. The molecule has 0 rings (SSSR count). The third kappa shape index (κ3) is 3.38. The van der Waals surface area contributed by atoms with Crippen molar-refractivity contribution in [1.29, 1.82) is 0 Å². The smallest absolute Gasteiger partial charge is 0.243 e. The fraction of sp³-hybridized carbons (Fsp3) is 0.857. The number of alkyl halides is 14. The van der Waals surface area contributed by atoms with Gasteiger partial charge < -0.3 is 0 Å². The van der Waals surface area contributed by atoms with Crippen LogP contribution in [0.25, 0.3) is 0 Å². The summed E-state index contributed by atoms with van der Waals surface area (Å²) in [6.45, 7) is 0. The van der Waals surface area contributed by atoms with Crippen LogP contribution < -0.4 is 0 Å². The summed E-state index contributed by atoms with van der Waals surface area (Å²) >= 11 is 0. The number of carbonyl (C=O) groups excluding carboxylic acids is 1. The zero-order valence-corrected chi connectivity index (χ0v) is 10.9. The van der Waals surface area contributed by atoms with Crippen molar-refractivity contribution in [2.24, 2.45) is 0 Å². The molecule has 0 aliphatic heterocycles. The van der Waals surface area contributed by atoms with E-state index in [4.69, 9.17) is 0 Å². The molecule has 156 valence electrons. The number of amides is 2. The van der Waals surface area contributed by atoms with Gasteiger partial charge in [0, 0.05) is 0 Å². The van der Waals surface area contributed by atoms with Gasteiger partial charge in [0.1, 0.15) is 0 Å². The van der Waals surface area contributed by atoms with E-state index in [-0.39, 0.29) is 0 Å². The lowest BCUT2D eigenvalue weighted by Crippen LogP contribution is -2.65. The van der Waals surface area contributed by atoms with Crippen LogP contribution >= 0.6 is 0 Å². The van der Waals surface area contributed by atoms with Gasteiger partial charge in [0.05, 0.1) is 0 Å². The Bertz CT molecular complexity index is 488. The topological polar surface area (TPSA) is 23.6 Å². The first-order chi connectivity index (χ1) is 11.0. The van der Waals surface area contributed by atoms with Crippen LogP contribution in [0.1, 0.15) is 0 Å². The molecule has 0 bridgehead atoms. The van der Waals surface area contributed by atoms with Crippen molar-refractivity contribution in [3.63, 3.8) is 0 Å². The number of rotatable bonds is 4. The molecule has 0 saturated carbocycles. The highest BCUT2D eigenvalue weighted by Gasteiger charge is 2.81. The average molecular weight is 432 g/mol. The first-order valence-corrected chi connectivity index (χ1v) is 5.08. The lowest BCUT2D eigenvalue weighted by atomic mass is 10.2. The third-order valence-electron chi connectivity index (χ3n) is 2.30. The Morgan fingerprint density at radius 1 is 0.500 bits per heavy atom. The molecule has 26 heavy (non-hydrogen) atoms. The van der Waals surface area contributed by atoms with Crippen molar-refractivity contribution < 1.29 is 75.2 Å². The van der Waals surface area contributed by atoms with Crippen LogP contribution in [0, 0.1) is 0 Å². The second-order valence-corrected chi connectivity index (χ2v) is 4.07. The monoisotopic (exact) mass is 432 g/mol. The highest BCUT2D eigenvalue weighted by atomic mass is 19.4. The fourth-order valence-corrected chi connectivity index (χ4v) is 0.905. The van der Waals surface area contributed by atoms with E-state index >= 15 is 0 Å². The molecule has 0 aliphatic carbocycles. The minimum atomic E-state index is -7.59. The highest BCUT2D eigenvalue weighted by molar-refractivity contribution is 5.73. The fourth-order valence-electron chi connectivity index (χ4n) is 0.905. The van der Waals surface area contributed by atoms with Crippen LogP contribution in [0.3, 0.4) is 0 Å². The van der Waals surface area contributed by atoms with Crippen LogP contribution in [0.5, 0.6) is 0 Å². The van der Waals surface area contributed by atoms with Crippen LogP contribution in [0.15, 0.2) is 0 Å². The Balaban J connectivity index is 5.94. The molecule has 0 unspecified atom stereocenters. The summed E-state index contributed by atoms with van der Waals surface area (Å²) in [4.78, 5) is 10.4. The second kappa shape index (κ2) is 6.10. The van der Waals surface area contributed by atoms with Crippen molar-refractivity contribution in [1.82, 2.24) is 10.2 Å². The standard InChI is InChI=1S/C7F16N2O/c8-2(9,4(12,13)14)6(18,19)24(22)1(26)25(23)7(20,21)3(10,11)5(15,16)17. The molecule has 0 radical (unpaired) electrons. The summed E-state index contributed by atoms with van der Waals surface area (Å²) in [6, 6.07) is -19.8. The number of nitrogens with zero attached hydrogens (tertiary/aromatic N) is 2. The molecular weight excluding hydrogens is 432 g/mol. The maximum Gasteiger partial charge on any atom is 0.462 e. The predicted octanol–water partition coefficient (Wildman–Crippen LogP) is 5.06. The summed E-state index contributed by atoms with van der Waals surface area (Å²) < 4.78 is 195. The summed E-state index contributed by atoms with van der Waals surface area (Å²) in [5, 5.41) is -7.83. The number of halogens is 16. The van der Waals surface area contributed by atoms with E-state index in [9.17, 15) is 75.2 Å². The van der Waals surface area contributed by atoms with Gasteiger partial charge in [-0.05, 0) is 0 Å². The summed E-state index contributed by atoms with van der Waals surface area (Å²) in [7, 11) is 0.